The number of rotatable bonds is 8. The van der Waals surface area contributed by atoms with E-state index in [2.05, 4.69) is 5.32 Å². The summed E-state index contributed by atoms with van der Waals surface area (Å²) in [5, 5.41) is 12.9. The second-order valence-corrected chi connectivity index (χ2v) is 6.47. The van der Waals surface area contributed by atoms with Crippen molar-refractivity contribution in [3.63, 3.8) is 0 Å². The average molecular weight is 398 g/mol. The Labute approximate surface area is 168 Å². The van der Waals surface area contributed by atoms with Crippen LogP contribution in [0.4, 0.5) is 5.69 Å². The Morgan fingerprint density at radius 3 is 2.39 bits per heavy atom. The fraction of sp³-hybridized carbons (Fsp3) is 0.136. The summed E-state index contributed by atoms with van der Waals surface area (Å²) in [6, 6.07) is 19.8. The number of ether oxygens (including phenoxy) is 2. The number of hydrogen-bond acceptors (Lipinski definition) is 4. The SMILES string of the molecule is COc1cccc(CNc2ccc(C(=O)O)cc2)c1OCc1ccccc1Cl. The van der Waals surface area contributed by atoms with Crippen LogP contribution < -0.4 is 14.8 Å². The van der Waals surface area contributed by atoms with Gasteiger partial charge in [0.2, 0.25) is 0 Å². The van der Waals surface area contributed by atoms with Gasteiger partial charge in [0.1, 0.15) is 6.61 Å². The fourth-order valence-corrected chi connectivity index (χ4v) is 2.91. The van der Waals surface area contributed by atoms with Crippen LogP contribution in [0.15, 0.2) is 66.7 Å². The first kappa shape index (κ1) is 19.6. The minimum absolute atomic E-state index is 0.246. The van der Waals surface area contributed by atoms with E-state index in [-0.39, 0.29) is 5.56 Å². The number of para-hydroxylation sites is 1. The molecule has 0 atom stereocenters. The molecule has 0 aromatic heterocycles. The van der Waals surface area contributed by atoms with Gasteiger partial charge in [0.05, 0.1) is 12.7 Å². The molecule has 28 heavy (non-hydrogen) atoms. The van der Waals surface area contributed by atoms with Crippen LogP contribution in [-0.2, 0) is 13.2 Å². The first-order chi connectivity index (χ1) is 13.6. The zero-order valence-corrected chi connectivity index (χ0v) is 16.1. The Hall–Kier alpha value is -3.18. The van der Waals surface area contributed by atoms with Crippen molar-refractivity contribution >= 4 is 23.3 Å². The fourth-order valence-electron chi connectivity index (χ4n) is 2.72. The summed E-state index contributed by atoms with van der Waals surface area (Å²) in [6.07, 6.45) is 0. The summed E-state index contributed by atoms with van der Waals surface area (Å²) < 4.78 is 11.5. The molecule has 3 rings (SSSR count). The number of halogens is 1. The Morgan fingerprint density at radius 2 is 1.71 bits per heavy atom. The minimum atomic E-state index is -0.949. The number of anilines is 1. The molecule has 0 fully saturated rings. The van der Waals surface area contributed by atoms with E-state index in [1.807, 2.05) is 42.5 Å². The van der Waals surface area contributed by atoms with E-state index in [0.29, 0.717) is 29.7 Å². The molecular formula is C22H20ClNO4. The van der Waals surface area contributed by atoms with Gasteiger partial charge in [-0.25, -0.2) is 4.79 Å². The molecule has 3 aromatic rings. The quantitative estimate of drug-likeness (QED) is 0.544. The van der Waals surface area contributed by atoms with Crippen LogP contribution in [0.2, 0.25) is 5.02 Å². The maximum absolute atomic E-state index is 11.0. The molecule has 0 bridgehead atoms. The topological polar surface area (TPSA) is 67.8 Å². The van der Waals surface area contributed by atoms with E-state index < -0.39 is 5.97 Å². The number of carboxylic acid groups (broad SMARTS) is 1. The molecule has 0 aliphatic heterocycles. The Kier molecular flexibility index (Phi) is 6.40. The van der Waals surface area contributed by atoms with E-state index in [9.17, 15) is 4.79 Å². The van der Waals surface area contributed by atoms with Gasteiger partial charge in [0, 0.05) is 28.4 Å². The maximum Gasteiger partial charge on any atom is 0.335 e. The van der Waals surface area contributed by atoms with Crippen molar-refractivity contribution in [2.45, 2.75) is 13.2 Å². The molecule has 0 saturated heterocycles. The summed E-state index contributed by atoms with van der Waals surface area (Å²) in [6.45, 7) is 0.807. The molecule has 0 radical (unpaired) electrons. The van der Waals surface area contributed by atoms with Crippen LogP contribution in [-0.4, -0.2) is 18.2 Å². The van der Waals surface area contributed by atoms with Crippen LogP contribution in [0, 0.1) is 0 Å². The predicted octanol–water partition coefficient (Wildman–Crippen LogP) is 5.24. The number of hydrogen-bond donors (Lipinski definition) is 2. The van der Waals surface area contributed by atoms with Crippen molar-refractivity contribution in [3.8, 4) is 11.5 Å². The van der Waals surface area contributed by atoms with E-state index in [1.165, 1.54) is 0 Å². The number of carbonyl (C=O) groups is 1. The van der Waals surface area contributed by atoms with Crippen LogP contribution in [0.1, 0.15) is 21.5 Å². The zero-order chi connectivity index (χ0) is 19.9. The van der Waals surface area contributed by atoms with E-state index in [1.54, 1.807) is 31.4 Å². The molecule has 0 unspecified atom stereocenters. The van der Waals surface area contributed by atoms with E-state index in [0.717, 1.165) is 16.8 Å². The highest BCUT2D eigenvalue weighted by atomic mass is 35.5. The van der Waals surface area contributed by atoms with Crippen molar-refractivity contribution < 1.29 is 19.4 Å². The smallest absolute Gasteiger partial charge is 0.335 e. The largest absolute Gasteiger partial charge is 0.493 e. The Balaban J connectivity index is 1.75. The van der Waals surface area contributed by atoms with Crippen molar-refractivity contribution in [2.75, 3.05) is 12.4 Å². The Morgan fingerprint density at radius 1 is 1.00 bits per heavy atom. The van der Waals surface area contributed by atoms with Crippen LogP contribution >= 0.6 is 11.6 Å². The molecule has 0 amide bonds. The molecule has 0 aliphatic rings. The predicted molar refractivity (Wildman–Crippen MR) is 110 cm³/mol. The molecule has 2 N–H and O–H groups in total. The highest BCUT2D eigenvalue weighted by molar-refractivity contribution is 6.31. The van der Waals surface area contributed by atoms with Gasteiger partial charge in [0.15, 0.2) is 11.5 Å². The van der Waals surface area contributed by atoms with Gasteiger partial charge < -0.3 is 19.9 Å². The second kappa shape index (κ2) is 9.15. The van der Waals surface area contributed by atoms with Gasteiger partial charge in [-0.05, 0) is 36.4 Å². The van der Waals surface area contributed by atoms with Gasteiger partial charge in [-0.1, -0.05) is 41.9 Å². The third kappa shape index (κ3) is 4.75. The molecule has 5 nitrogen and oxygen atoms in total. The molecule has 0 aliphatic carbocycles. The van der Waals surface area contributed by atoms with Gasteiger partial charge >= 0.3 is 5.97 Å². The highest BCUT2D eigenvalue weighted by Gasteiger charge is 2.12. The number of aromatic carboxylic acids is 1. The summed E-state index contributed by atoms with van der Waals surface area (Å²) in [4.78, 5) is 11.0. The molecule has 144 valence electrons. The summed E-state index contributed by atoms with van der Waals surface area (Å²) in [5.74, 6) is 0.321. The third-order valence-electron chi connectivity index (χ3n) is 4.23. The van der Waals surface area contributed by atoms with Gasteiger partial charge in [-0.2, -0.15) is 0 Å². The molecular weight excluding hydrogens is 378 g/mol. The Bertz CT molecular complexity index is 957. The van der Waals surface area contributed by atoms with Crippen LogP contribution in [0.5, 0.6) is 11.5 Å². The van der Waals surface area contributed by atoms with Gasteiger partial charge in [0.25, 0.3) is 0 Å². The lowest BCUT2D eigenvalue weighted by Crippen LogP contribution is -2.06. The normalized spacial score (nSPS) is 10.4. The van der Waals surface area contributed by atoms with Crippen molar-refractivity contribution in [3.05, 3.63) is 88.4 Å². The lowest BCUT2D eigenvalue weighted by atomic mass is 10.1. The third-order valence-corrected chi connectivity index (χ3v) is 4.59. The number of nitrogens with one attached hydrogen (secondary N) is 1. The van der Waals surface area contributed by atoms with Crippen molar-refractivity contribution in [1.82, 2.24) is 0 Å². The average Bonchev–Trinajstić information content (AvgIpc) is 2.72. The zero-order valence-electron chi connectivity index (χ0n) is 15.3. The van der Waals surface area contributed by atoms with Gasteiger partial charge in [-0.3, -0.25) is 0 Å². The number of carboxylic acids is 1. The number of benzene rings is 3. The standard InChI is InChI=1S/C22H20ClNO4/c1-27-20-8-4-6-16(13-24-18-11-9-15(10-12-18)22(25)26)21(20)28-14-17-5-2-3-7-19(17)23/h2-12,24H,13-14H2,1H3,(H,25,26). The van der Waals surface area contributed by atoms with Gasteiger partial charge in [-0.15, -0.1) is 0 Å². The van der Waals surface area contributed by atoms with E-state index >= 15 is 0 Å². The second-order valence-electron chi connectivity index (χ2n) is 6.06. The molecule has 3 aromatic carbocycles. The monoisotopic (exact) mass is 397 g/mol. The first-order valence-corrected chi connectivity index (χ1v) is 9.05. The summed E-state index contributed by atoms with van der Waals surface area (Å²) in [5.41, 5.74) is 2.85. The number of methoxy groups -OCH3 is 1. The van der Waals surface area contributed by atoms with Crippen LogP contribution in [0.3, 0.4) is 0 Å². The minimum Gasteiger partial charge on any atom is -0.493 e. The molecule has 0 heterocycles. The lowest BCUT2D eigenvalue weighted by Gasteiger charge is -2.16. The molecule has 6 heteroatoms. The summed E-state index contributed by atoms with van der Waals surface area (Å²) in [7, 11) is 1.60. The molecule has 0 spiro atoms. The summed E-state index contributed by atoms with van der Waals surface area (Å²) >= 11 is 6.21. The lowest BCUT2D eigenvalue weighted by molar-refractivity contribution is 0.0697. The maximum atomic E-state index is 11.0. The highest BCUT2D eigenvalue weighted by Crippen LogP contribution is 2.33. The first-order valence-electron chi connectivity index (χ1n) is 8.68. The van der Waals surface area contributed by atoms with E-state index in [4.69, 9.17) is 26.2 Å². The van der Waals surface area contributed by atoms with Crippen molar-refractivity contribution in [1.29, 1.82) is 0 Å². The molecule has 0 saturated carbocycles. The van der Waals surface area contributed by atoms with Crippen LogP contribution in [0.25, 0.3) is 0 Å². The van der Waals surface area contributed by atoms with Crippen molar-refractivity contribution in [2.24, 2.45) is 0 Å².